The van der Waals surface area contributed by atoms with Crippen molar-refractivity contribution in [2.24, 2.45) is 5.84 Å². The first-order chi connectivity index (χ1) is 9.92. The molecular weight excluding hydrogens is 338 g/mol. The molecule has 1 unspecified atom stereocenters. The van der Waals surface area contributed by atoms with E-state index in [1.807, 2.05) is 32.0 Å². The highest BCUT2D eigenvalue weighted by Crippen LogP contribution is 2.27. The summed E-state index contributed by atoms with van der Waals surface area (Å²) in [6.07, 6.45) is 0.410. The summed E-state index contributed by atoms with van der Waals surface area (Å²) in [5.41, 5.74) is 5.76. The number of rotatable bonds is 4. The highest BCUT2D eigenvalue weighted by molar-refractivity contribution is 9.10. The quantitative estimate of drug-likeness (QED) is 0.640. The molecule has 2 aromatic carbocycles. The van der Waals surface area contributed by atoms with Crippen LogP contribution in [0.25, 0.3) is 0 Å². The van der Waals surface area contributed by atoms with Crippen LogP contribution in [0.2, 0.25) is 0 Å². The summed E-state index contributed by atoms with van der Waals surface area (Å²) in [6, 6.07) is 7.80. The van der Waals surface area contributed by atoms with Gasteiger partial charge in [0, 0.05) is 10.0 Å². The molecule has 112 valence electrons. The molecule has 0 aliphatic rings. The predicted molar refractivity (Wildman–Crippen MR) is 83.7 cm³/mol. The van der Waals surface area contributed by atoms with Crippen LogP contribution in [-0.2, 0) is 6.42 Å². The van der Waals surface area contributed by atoms with Crippen LogP contribution in [0.3, 0.4) is 0 Å². The third-order valence-corrected chi connectivity index (χ3v) is 4.06. The standard InChI is InChI=1S/C16H17BrF2N2/c1-9-3-4-11(5-10(9)2)6-15(21-20)16-13(18)7-12(17)8-14(16)19/h3-5,7-8,15,21H,6,20H2,1-2H3. The molecule has 0 aromatic heterocycles. The molecule has 0 amide bonds. The zero-order chi connectivity index (χ0) is 15.6. The summed E-state index contributed by atoms with van der Waals surface area (Å²) in [5.74, 6) is 4.27. The molecule has 0 fully saturated rings. The average Bonchev–Trinajstić information content (AvgIpc) is 2.40. The van der Waals surface area contributed by atoms with Gasteiger partial charge in [0.05, 0.1) is 6.04 Å². The van der Waals surface area contributed by atoms with Gasteiger partial charge in [0.15, 0.2) is 0 Å². The molecule has 0 radical (unpaired) electrons. The second-order valence-electron chi connectivity index (χ2n) is 5.13. The lowest BCUT2D eigenvalue weighted by Gasteiger charge is -2.18. The summed E-state index contributed by atoms with van der Waals surface area (Å²) >= 11 is 3.07. The fraction of sp³-hybridized carbons (Fsp3) is 0.250. The molecule has 2 rings (SSSR count). The summed E-state index contributed by atoms with van der Waals surface area (Å²) in [5, 5.41) is 0. The summed E-state index contributed by atoms with van der Waals surface area (Å²) in [7, 11) is 0. The number of aryl methyl sites for hydroxylation is 2. The minimum Gasteiger partial charge on any atom is -0.271 e. The molecule has 5 heteroatoms. The summed E-state index contributed by atoms with van der Waals surface area (Å²) in [6.45, 7) is 4.02. The highest BCUT2D eigenvalue weighted by atomic mass is 79.9. The molecule has 1 atom stereocenters. The topological polar surface area (TPSA) is 38.0 Å². The van der Waals surface area contributed by atoms with Crippen LogP contribution in [-0.4, -0.2) is 0 Å². The Balaban J connectivity index is 2.34. The van der Waals surface area contributed by atoms with Crippen molar-refractivity contribution in [1.82, 2.24) is 5.43 Å². The number of benzene rings is 2. The van der Waals surface area contributed by atoms with Gasteiger partial charge in [0.2, 0.25) is 0 Å². The van der Waals surface area contributed by atoms with E-state index in [1.165, 1.54) is 17.7 Å². The maximum atomic E-state index is 14.0. The fourth-order valence-electron chi connectivity index (χ4n) is 2.30. The number of nitrogens with two attached hydrogens (primary N) is 1. The van der Waals surface area contributed by atoms with Crippen LogP contribution in [0.15, 0.2) is 34.8 Å². The molecule has 0 aliphatic heterocycles. The van der Waals surface area contributed by atoms with Gasteiger partial charge < -0.3 is 0 Å². The van der Waals surface area contributed by atoms with Crippen molar-refractivity contribution < 1.29 is 8.78 Å². The van der Waals surface area contributed by atoms with E-state index in [4.69, 9.17) is 5.84 Å². The molecule has 0 saturated heterocycles. The average molecular weight is 355 g/mol. The Kier molecular flexibility index (Phi) is 5.08. The molecule has 0 spiro atoms. The minimum absolute atomic E-state index is 0.0427. The lowest BCUT2D eigenvalue weighted by atomic mass is 9.96. The lowest BCUT2D eigenvalue weighted by molar-refractivity contribution is 0.472. The van der Waals surface area contributed by atoms with Gasteiger partial charge >= 0.3 is 0 Å². The predicted octanol–water partition coefficient (Wildman–Crippen LogP) is 4.09. The van der Waals surface area contributed by atoms with E-state index in [1.54, 1.807) is 0 Å². The Morgan fingerprint density at radius 1 is 1.10 bits per heavy atom. The summed E-state index contributed by atoms with van der Waals surface area (Å²) < 4.78 is 28.4. The zero-order valence-electron chi connectivity index (χ0n) is 11.9. The van der Waals surface area contributed by atoms with E-state index >= 15 is 0 Å². The SMILES string of the molecule is Cc1ccc(CC(NN)c2c(F)cc(Br)cc2F)cc1C. The van der Waals surface area contributed by atoms with E-state index < -0.39 is 17.7 Å². The van der Waals surface area contributed by atoms with Crippen LogP contribution in [0.4, 0.5) is 8.78 Å². The van der Waals surface area contributed by atoms with E-state index in [-0.39, 0.29) is 5.56 Å². The zero-order valence-corrected chi connectivity index (χ0v) is 13.5. The molecule has 3 N–H and O–H groups in total. The van der Waals surface area contributed by atoms with Gasteiger partial charge in [-0.2, -0.15) is 0 Å². The van der Waals surface area contributed by atoms with Crippen molar-refractivity contribution in [2.45, 2.75) is 26.3 Å². The Hall–Kier alpha value is -1.30. The first kappa shape index (κ1) is 16.1. The molecule has 2 nitrogen and oxygen atoms in total. The van der Waals surface area contributed by atoms with Crippen molar-refractivity contribution in [3.05, 3.63) is 68.7 Å². The van der Waals surface area contributed by atoms with E-state index in [0.29, 0.717) is 10.9 Å². The Morgan fingerprint density at radius 3 is 2.24 bits per heavy atom. The first-order valence-corrected chi connectivity index (χ1v) is 7.38. The van der Waals surface area contributed by atoms with Crippen LogP contribution >= 0.6 is 15.9 Å². The van der Waals surface area contributed by atoms with Gasteiger partial charge in [-0.3, -0.25) is 11.3 Å². The van der Waals surface area contributed by atoms with Crippen molar-refractivity contribution >= 4 is 15.9 Å². The second-order valence-corrected chi connectivity index (χ2v) is 6.04. The van der Waals surface area contributed by atoms with Crippen LogP contribution < -0.4 is 11.3 Å². The van der Waals surface area contributed by atoms with Crippen LogP contribution in [0.1, 0.15) is 28.3 Å². The first-order valence-electron chi connectivity index (χ1n) is 6.59. The normalized spacial score (nSPS) is 12.5. The molecule has 0 saturated carbocycles. The molecule has 2 aromatic rings. The van der Waals surface area contributed by atoms with Gasteiger partial charge in [0.1, 0.15) is 11.6 Å². The fourth-order valence-corrected chi connectivity index (χ4v) is 2.70. The number of hydrazine groups is 1. The third-order valence-electron chi connectivity index (χ3n) is 3.60. The Labute approximate surface area is 131 Å². The van der Waals surface area contributed by atoms with Gasteiger partial charge in [-0.25, -0.2) is 8.78 Å². The number of hydrogen-bond acceptors (Lipinski definition) is 2. The van der Waals surface area contributed by atoms with Crippen molar-refractivity contribution in [2.75, 3.05) is 0 Å². The van der Waals surface area contributed by atoms with Crippen molar-refractivity contribution in [3.8, 4) is 0 Å². The third kappa shape index (κ3) is 3.67. The number of halogens is 3. The van der Waals surface area contributed by atoms with Gasteiger partial charge in [0.25, 0.3) is 0 Å². The van der Waals surface area contributed by atoms with Gasteiger partial charge in [-0.05, 0) is 49.1 Å². The van der Waals surface area contributed by atoms with Crippen LogP contribution in [0, 0.1) is 25.5 Å². The number of hydrogen-bond donors (Lipinski definition) is 2. The highest BCUT2D eigenvalue weighted by Gasteiger charge is 2.20. The maximum Gasteiger partial charge on any atom is 0.132 e. The van der Waals surface area contributed by atoms with Crippen molar-refractivity contribution in [3.63, 3.8) is 0 Å². The second kappa shape index (κ2) is 6.64. The van der Waals surface area contributed by atoms with Gasteiger partial charge in [-0.15, -0.1) is 0 Å². The van der Waals surface area contributed by atoms with Crippen LogP contribution in [0.5, 0.6) is 0 Å². The van der Waals surface area contributed by atoms with Crippen molar-refractivity contribution in [1.29, 1.82) is 0 Å². The smallest absolute Gasteiger partial charge is 0.132 e. The Morgan fingerprint density at radius 2 is 1.71 bits per heavy atom. The molecule has 0 heterocycles. The van der Waals surface area contributed by atoms with E-state index in [0.717, 1.165) is 11.1 Å². The van der Waals surface area contributed by atoms with E-state index in [9.17, 15) is 8.78 Å². The monoisotopic (exact) mass is 354 g/mol. The van der Waals surface area contributed by atoms with Gasteiger partial charge in [-0.1, -0.05) is 34.1 Å². The largest absolute Gasteiger partial charge is 0.271 e. The molecule has 0 aliphatic carbocycles. The maximum absolute atomic E-state index is 14.0. The molecular formula is C16H17BrF2N2. The van der Waals surface area contributed by atoms with E-state index in [2.05, 4.69) is 21.4 Å². The minimum atomic E-state index is -0.625. The molecule has 0 bridgehead atoms. The number of nitrogens with one attached hydrogen (secondary N) is 1. The Bertz CT molecular complexity index is 636. The molecule has 21 heavy (non-hydrogen) atoms. The summed E-state index contributed by atoms with van der Waals surface area (Å²) in [4.78, 5) is 0. The lowest BCUT2D eigenvalue weighted by Crippen LogP contribution is -2.31.